The summed E-state index contributed by atoms with van der Waals surface area (Å²) < 4.78 is 37.8. The Morgan fingerprint density at radius 1 is 1.37 bits per heavy atom. The Morgan fingerprint density at radius 2 is 2.11 bits per heavy atom. The van der Waals surface area contributed by atoms with Crippen LogP contribution < -0.4 is 0 Å². The third-order valence-electron chi connectivity index (χ3n) is 3.68. The van der Waals surface area contributed by atoms with Crippen molar-refractivity contribution in [3.63, 3.8) is 0 Å². The Balaban J connectivity index is 2.29. The molecule has 0 saturated carbocycles. The van der Waals surface area contributed by atoms with Crippen LogP contribution in [0.1, 0.15) is 36.9 Å². The maximum Gasteiger partial charge on any atom is 0.401 e. The maximum absolute atomic E-state index is 12.6. The number of aromatic hydroxyl groups is 1. The molecule has 0 radical (unpaired) electrons. The first-order valence-electron chi connectivity index (χ1n) is 6.54. The fraction of sp³-hybridized carbons (Fsp3) is 0.571. The van der Waals surface area contributed by atoms with Crippen molar-refractivity contribution in [2.45, 2.75) is 38.4 Å². The van der Waals surface area contributed by atoms with Gasteiger partial charge in [-0.05, 0) is 43.0 Å². The van der Waals surface area contributed by atoms with E-state index in [1.807, 2.05) is 6.07 Å². The van der Waals surface area contributed by atoms with Gasteiger partial charge in [-0.3, -0.25) is 4.90 Å². The van der Waals surface area contributed by atoms with E-state index in [0.29, 0.717) is 13.0 Å². The molecule has 0 aromatic heterocycles. The van der Waals surface area contributed by atoms with Crippen LogP contribution in [0.25, 0.3) is 0 Å². The molecule has 1 aromatic carbocycles. The molecule has 2 nitrogen and oxygen atoms in total. The standard InChI is InChI=1S/C14H18F3NO/c1-2-18(9-14(15,16)17)12-7-3-6-11-10(12)5-4-8-13(11)19/h4-5,8,12,19H,2-3,6-7,9H2,1H3. The molecular weight excluding hydrogens is 255 g/mol. The van der Waals surface area contributed by atoms with Crippen molar-refractivity contribution in [2.24, 2.45) is 0 Å². The highest BCUT2D eigenvalue weighted by molar-refractivity contribution is 5.42. The first-order valence-corrected chi connectivity index (χ1v) is 6.54. The zero-order chi connectivity index (χ0) is 14.0. The molecule has 2 rings (SSSR count). The molecule has 1 unspecified atom stereocenters. The van der Waals surface area contributed by atoms with Crippen LogP contribution in [0.3, 0.4) is 0 Å². The second-order valence-corrected chi connectivity index (χ2v) is 4.93. The highest BCUT2D eigenvalue weighted by atomic mass is 19.4. The molecule has 0 aliphatic heterocycles. The molecule has 19 heavy (non-hydrogen) atoms. The normalized spacial score (nSPS) is 19.5. The summed E-state index contributed by atoms with van der Waals surface area (Å²) in [6.07, 6.45) is -1.93. The molecule has 1 atom stereocenters. The lowest BCUT2D eigenvalue weighted by Gasteiger charge is -2.35. The zero-order valence-electron chi connectivity index (χ0n) is 10.9. The molecule has 106 valence electrons. The van der Waals surface area contributed by atoms with Crippen LogP contribution in [0.4, 0.5) is 13.2 Å². The lowest BCUT2D eigenvalue weighted by Crippen LogP contribution is -2.38. The van der Waals surface area contributed by atoms with E-state index in [2.05, 4.69) is 0 Å². The van der Waals surface area contributed by atoms with Crippen LogP contribution in [-0.4, -0.2) is 29.3 Å². The Morgan fingerprint density at radius 3 is 2.74 bits per heavy atom. The number of rotatable bonds is 3. The van der Waals surface area contributed by atoms with Crippen LogP contribution in [0.15, 0.2) is 18.2 Å². The summed E-state index contributed by atoms with van der Waals surface area (Å²) in [5, 5.41) is 9.82. The zero-order valence-corrected chi connectivity index (χ0v) is 10.9. The number of fused-ring (bicyclic) bond motifs is 1. The lowest BCUT2D eigenvalue weighted by molar-refractivity contribution is -0.151. The highest BCUT2D eigenvalue weighted by Gasteiger charge is 2.35. The van der Waals surface area contributed by atoms with Crippen LogP contribution in [0.5, 0.6) is 5.75 Å². The maximum atomic E-state index is 12.6. The van der Waals surface area contributed by atoms with Crippen molar-refractivity contribution in [3.8, 4) is 5.75 Å². The van der Waals surface area contributed by atoms with Crippen molar-refractivity contribution in [1.29, 1.82) is 0 Å². The Labute approximate surface area is 110 Å². The summed E-state index contributed by atoms with van der Waals surface area (Å²) in [5.74, 6) is 0.199. The van der Waals surface area contributed by atoms with Gasteiger partial charge in [0.05, 0.1) is 6.54 Å². The van der Waals surface area contributed by atoms with E-state index in [1.54, 1.807) is 19.1 Å². The summed E-state index contributed by atoms with van der Waals surface area (Å²) in [6.45, 7) is 1.19. The van der Waals surface area contributed by atoms with Gasteiger partial charge < -0.3 is 5.11 Å². The molecule has 0 fully saturated rings. The number of benzene rings is 1. The van der Waals surface area contributed by atoms with E-state index >= 15 is 0 Å². The van der Waals surface area contributed by atoms with Crippen molar-refractivity contribution in [3.05, 3.63) is 29.3 Å². The fourth-order valence-corrected chi connectivity index (χ4v) is 2.86. The van der Waals surface area contributed by atoms with Gasteiger partial charge in [-0.1, -0.05) is 19.1 Å². The number of nitrogens with zero attached hydrogens (tertiary/aromatic N) is 1. The van der Waals surface area contributed by atoms with Gasteiger partial charge in [0.25, 0.3) is 0 Å². The Bertz CT molecular complexity index is 445. The quantitative estimate of drug-likeness (QED) is 0.908. The minimum atomic E-state index is -4.19. The van der Waals surface area contributed by atoms with Gasteiger partial charge in [0, 0.05) is 6.04 Å². The minimum absolute atomic E-state index is 0.199. The molecule has 1 N–H and O–H groups in total. The lowest BCUT2D eigenvalue weighted by atomic mass is 9.86. The van der Waals surface area contributed by atoms with Gasteiger partial charge in [-0.25, -0.2) is 0 Å². The third-order valence-corrected chi connectivity index (χ3v) is 3.68. The number of phenols is 1. The Hall–Kier alpha value is -1.23. The SMILES string of the molecule is CCN(CC(F)(F)F)C1CCCc2c(O)cccc21. The minimum Gasteiger partial charge on any atom is -0.508 e. The summed E-state index contributed by atoms with van der Waals surface area (Å²) in [7, 11) is 0. The van der Waals surface area contributed by atoms with Crippen molar-refractivity contribution >= 4 is 0 Å². The van der Waals surface area contributed by atoms with E-state index in [1.165, 1.54) is 4.90 Å². The number of hydrogen-bond acceptors (Lipinski definition) is 2. The number of phenolic OH excluding ortho intramolecular Hbond substituents is 1. The molecule has 5 heteroatoms. The van der Waals surface area contributed by atoms with Crippen LogP contribution >= 0.6 is 0 Å². The molecule has 1 aliphatic rings. The third kappa shape index (κ3) is 3.21. The smallest absolute Gasteiger partial charge is 0.401 e. The highest BCUT2D eigenvalue weighted by Crippen LogP contribution is 2.38. The van der Waals surface area contributed by atoms with Gasteiger partial charge in [0.15, 0.2) is 0 Å². The average molecular weight is 273 g/mol. The molecule has 0 spiro atoms. The van der Waals surface area contributed by atoms with Crippen molar-refractivity contribution in [1.82, 2.24) is 4.90 Å². The summed E-state index contributed by atoms with van der Waals surface area (Å²) >= 11 is 0. The van der Waals surface area contributed by atoms with E-state index in [-0.39, 0.29) is 11.8 Å². The summed E-state index contributed by atoms with van der Waals surface area (Å²) in [6, 6.07) is 4.88. The summed E-state index contributed by atoms with van der Waals surface area (Å²) in [4.78, 5) is 1.44. The first-order chi connectivity index (χ1) is 8.92. The van der Waals surface area contributed by atoms with Gasteiger partial charge >= 0.3 is 6.18 Å². The van der Waals surface area contributed by atoms with Gasteiger partial charge in [0.2, 0.25) is 0 Å². The molecule has 0 saturated heterocycles. The van der Waals surface area contributed by atoms with Crippen LogP contribution in [0, 0.1) is 0 Å². The molecule has 1 aliphatic carbocycles. The van der Waals surface area contributed by atoms with E-state index in [9.17, 15) is 18.3 Å². The monoisotopic (exact) mass is 273 g/mol. The predicted octanol–water partition coefficient (Wildman–Crippen LogP) is 3.65. The summed E-state index contributed by atoms with van der Waals surface area (Å²) in [5.41, 5.74) is 1.65. The topological polar surface area (TPSA) is 23.5 Å². The molecule has 0 bridgehead atoms. The van der Waals surface area contributed by atoms with Gasteiger partial charge in [-0.15, -0.1) is 0 Å². The molecular formula is C14H18F3NO. The van der Waals surface area contributed by atoms with E-state index < -0.39 is 12.7 Å². The second-order valence-electron chi connectivity index (χ2n) is 4.93. The van der Waals surface area contributed by atoms with Gasteiger partial charge in [0.1, 0.15) is 5.75 Å². The van der Waals surface area contributed by atoms with Crippen LogP contribution in [0.2, 0.25) is 0 Å². The number of alkyl halides is 3. The predicted molar refractivity (Wildman–Crippen MR) is 67.1 cm³/mol. The van der Waals surface area contributed by atoms with Crippen molar-refractivity contribution in [2.75, 3.05) is 13.1 Å². The number of hydrogen-bond donors (Lipinski definition) is 1. The largest absolute Gasteiger partial charge is 0.508 e. The van der Waals surface area contributed by atoms with Gasteiger partial charge in [-0.2, -0.15) is 13.2 Å². The van der Waals surface area contributed by atoms with E-state index in [0.717, 1.165) is 24.0 Å². The average Bonchev–Trinajstić information content (AvgIpc) is 2.35. The number of halogens is 3. The fourth-order valence-electron chi connectivity index (χ4n) is 2.86. The second kappa shape index (κ2) is 5.41. The van der Waals surface area contributed by atoms with Crippen molar-refractivity contribution < 1.29 is 18.3 Å². The first kappa shape index (κ1) is 14.2. The van der Waals surface area contributed by atoms with E-state index in [4.69, 9.17) is 0 Å². The van der Waals surface area contributed by atoms with Crippen LogP contribution in [-0.2, 0) is 6.42 Å². The molecule has 0 heterocycles. The Kier molecular flexibility index (Phi) is 4.04. The molecule has 0 amide bonds. The molecule has 1 aromatic rings.